The van der Waals surface area contributed by atoms with E-state index in [-0.39, 0.29) is 23.7 Å². The van der Waals surface area contributed by atoms with Crippen LogP contribution in [0.5, 0.6) is 0 Å². The molecule has 2 bridgehead atoms. The summed E-state index contributed by atoms with van der Waals surface area (Å²) in [6, 6.07) is 29.5. The van der Waals surface area contributed by atoms with Crippen molar-refractivity contribution in [3.8, 4) is 0 Å². The fourth-order valence-corrected chi connectivity index (χ4v) is 7.42. The van der Waals surface area contributed by atoms with E-state index in [0.29, 0.717) is 12.0 Å². The molecule has 0 radical (unpaired) electrons. The molecule has 2 atom stereocenters. The Kier molecular flexibility index (Phi) is 6.46. The summed E-state index contributed by atoms with van der Waals surface area (Å²) in [6.45, 7) is 1.72. The van der Waals surface area contributed by atoms with Crippen LogP contribution in [0.2, 0.25) is 0 Å². The number of nitrogens with one attached hydrogen (secondary N) is 1. The third-order valence-corrected chi connectivity index (χ3v) is 9.19. The van der Waals surface area contributed by atoms with E-state index in [0.717, 1.165) is 32.7 Å². The highest BCUT2D eigenvalue weighted by molar-refractivity contribution is 6.25. The van der Waals surface area contributed by atoms with E-state index >= 15 is 0 Å². The average Bonchev–Trinajstić information content (AvgIpc) is 3.31. The molecule has 0 aromatic heterocycles. The predicted molar refractivity (Wildman–Crippen MR) is 164 cm³/mol. The van der Waals surface area contributed by atoms with Crippen LogP contribution in [0.25, 0.3) is 0 Å². The maximum Gasteiger partial charge on any atom is 0.293 e. The summed E-state index contributed by atoms with van der Waals surface area (Å²) >= 11 is 0. The number of benzene rings is 4. The van der Waals surface area contributed by atoms with Crippen LogP contribution < -0.4 is 10.3 Å². The first-order valence-corrected chi connectivity index (χ1v) is 14.5. The van der Waals surface area contributed by atoms with Gasteiger partial charge in [0.05, 0.1) is 22.2 Å². The van der Waals surface area contributed by atoms with Crippen molar-refractivity contribution >= 4 is 35.3 Å². The minimum Gasteiger partial charge on any atom is -0.274 e. The number of nitro groups is 1. The van der Waals surface area contributed by atoms with Crippen molar-refractivity contribution in [2.24, 2.45) is 16.9 Å². The molecule has 1 fully saturated rings. The van der Waals surface area contributed by atoms with Crippen LogP contribution in [0.3, 0.4) is 0 Å². The minimum atomic E-state index is -1.19. The van der Waals surface area contributed by atoms with E-state index in [1.807, 2.05) is 78.9 Å². The molecule has 0 spiro atoms. The first kappa shape index (κ1) is 27.4. The second kappa shape index (κ2) is 10.4. The highest BCUT2D eigenvalue weighted by Crippen LogP contribution is 2.64. The molecule has 44 heavy (non-hydrogen) atoms. The van der Waals surface area contributed by atoms with Crippen molar-refractivity contribution in [1.29, 1.82) is 0 Å². The number of hydrogen-bond acceptors (Lipinski definition) is 6. The van der Waals surface area contributed by atoms with Gasteiger partial charge < -0.3 is 0 Å². The smallest absolute Gasteiger partial charge is 0.274 e. The number of nitrogens with zero attached hydrogens (tertiary/aromatic N) is 3. The van der Waals surface area contributed by atoms with Gasteiger partial charge in [0.2, 0.25) is 17.7 Å². The Morgan fingerprint density at radius 2 is 1.57 bits per heavy atom. The van der Waals surface area contributed by atoms with E-state index in [9.17, 15) is 24.5 Å². The number of carbonyl (C=O) groups is 3. The molecule has 9 heteroatoms. The summed E-state index contributed by atoms with van der Waals surface area (Å²) < 4.78 is 0. The molecule has 0 unspecified atom stereocenters. The zero-order valence-electron chi connectivity index (χ0n) is 23.8. The number of anilines is 1. The normalized spacial score (nSPS) is 22.9. The lowest BCUT2D eigenvalue weighted by atomic mass is 9.47. The Labute approximate surface area is 253 Å². The number of amides is 3. The molecule has 4 aliphatic rings. The molecular formula is C35H28N4O5. The monoisotopic (exact) mass is 584 g/mol. The molecule has 1 heterocycles. The maximum absolute atomic E-state index is 14.5. The van der Waals surface area contributed by atoms with Gasteiger partial charge in [-0.1, -0.05) is 84.9 Å². The van der Waals surface area contributed by atoms with Gasteiger partial charge in [-0.2, -0.15) is 5.10 Å². The fraction of sp³-hybridized carbons (Fsp3) is 0.200. The van der Waals surface area contributed by atoms with Crippen LogP contribution in [-0.2, 0) is 26.2 Å². The van der Waals surface area contributed by atoms with Crippen LogP contribution in [0.4, 0.5) is 11.4 Å². The molecule has 3 aliphatic carbocycles. The first-order valence-electron chi connectivity index (χ1n) is 14.5. The summed E-state index contributed by atoms with van der Waals surface area (Å²) in [5.74, 6) is -3.44. The molecule has 0 saturated carbocycles. The predicted octanol–water partition coefficient (Wildman–Crippen LogP) is 5.19. The molecule has 1 saturated heterocycles. The molecule has 1 aliphatic heterocycles. The number of nitro benzene ring substituents is 1. The van der Waals surface area contributed by atoms with Gasteiger partial charge in [0, 0.05) is 24.6 Å². The van der Waals surface area contributed by atoms with Crippen LogP contribution in [0.15, 0.2) is 102 Å². The van der Waals surface area contributed by atoms with Crippen molar-refractivity contribution in [2.75, 3.05) is 4.90 Å². The molecule has 4 aromatic rings. The van der Waals surface area contributed by atoms with E-state index in [1.54, 1.807) is 19.2 Å². The first-order chi connectivity index (χ1) is 21.3. The zero-order valence-corrected chi connectivity index (χ0v) is 23.8. The third kappa shape index (κ3) is 4.00. The maximum atomic E-state index is 14.5. The lowest BCUT2D eigenvalue weighted by Crippen LogP contribution is -2.54. The number of hydrazone groups is 1. The van der Waals surface area contributed by atoms with Crippen molar-refractivity contribution in [3.63, 3.8) is 0 Å². The van der Waals surface area contributed by atoms with E-state index in [1.165, 1.54) is 12.1 Å². The van der Waals surface area contributed by atoms with Crippen LogP contribution >= 0.6 is 0 Å². The largest absolute Gasteiger partial charge is 0.293 e. The summed E-state index contributed by atoms with van der Waals surface area (Å²) in [4.78, 5) is 54.2. The second-order valence-corrected chi connectivity index (χ2v) is 11.6. The molecule has 1 N–H and O–H groups in total. The summed E-state index contributed by atoms with van der Waals surface area (Å²) in [6.07, 6.45) is 2.36. The standard InChI is InChI=1S/C35H28N4O5/c1-21-15-17-27(28(19-21)39(43)44)38-33(41)31-30-23-11-5-7-13-25(23)35(32(31)34(38)42,26-14-8-6-12-24(26)30)20-36-37-29(40)18-16-22-9-3-2-4-10-22/h2-15,17,19-20,30-32H,16,18H2,1H3,(H,37,40)/b36-20-/t30?,31-,32+,35?/m1/s1. The molecule has 218 valence electrons. The van der Waals surface area contributed by atoms with Crippen LogP contribution in [0, 0.1) is 28.9 Å². The van der Waals surface area contributed by atoms with Gasteiger partial charge in [0.25, 0.3) is 5.69 Å². The van der Waals surface area contributed by atoms with Crippen molar-refractivity contribution in [3.05, 3.63) is 141 Å². The highest BCUT2D eigenvalue weighted by atomic mass is 16.6. The molecule has 8 rings (SSSR count). The van der Waals surface area contributed by atoms with Gasteiger partial charge in [0.1, 0.15) is 5.69 Å². The van der Waals surface area contributed by atoms with Crippen molar-refractivity contribution in [2.45, 2.75) is 31.1 Å². The number of rotatable bonds is 7. The topological polar surface area (TPSA) is 122 Å². The van der Waals surface area contributed by atoms with Crippen LogP contribution in [0.1, 0.15) is 45.7 Å². The van der Waals surface area contributed by atoms with Gasteiger partial charge in [0.15, 0.2) is 0 Å². The number of aryl methyl sites for hydroxylation is 2. The molecular weight excluding hydrogens is 556 g/mol. The quantitative estimate of drug-likeness (QED) is 0.139. The average molecular weight is 585 g/mol. The van der Waals surface area contributed by atoms with Gasteiger partial charge in [-0.3, -0.25) is 24.5 Å². The van der Waals surface area contributed by atoms with Gasteiger partial charge in [-0.25, -0.2) is 10.3 Å². The Balaban J connectivity index is 1.34. The number of hydrogen-bond donors (Lipinski definition) is 1. The second-order valence-electron chi connectivity index (χ2n) is 11.6. The van der Waals surface area contributed by atoms with Crippen LogP contribution in [-0.4, -0.2) is 28.9 Å². The minimum absolute atomic E-state index is 0.0428. The van der Waals surface area contributed by atoms with E-state index < -0.39 is 39.9 Å². The molecule has 9 nitrogen and oxygen atoms in total. The summed E-state index contributed by atoms with van der Waals surface area (Å²) in [7, 11) is 0. The Morgan fingerprint density at radius 1 is 0.932 bits per heavy atom. The van der Waals surface area contributed by atoms with Crippen molar-refractivity contribution in [1.82, 2.24) is 5.43 Å². The number of imide groups is 1. The van der Waals surface area contributed by atoms with Gasteiger partial charge >= 0.3 is 0 Å². The number of carbonyl (C=O) groups excluding carboxylic acids is 3. The van der Waals surface area contributed by atoms with E-state index in [2.05, 4.69) is 10.5 Å². The van der Waals surface area contributed by atoms with Gasteiger partial charge in [-0.15, -0.1) is 0 Å². The lowest BCUT2D eigenvalue weighted by molar-refractivity contribution is -0.384. The summed E-state index contributed by atoms with van der Waals surface area (Å²) in [5.41, 5.74) is 6.23. The SMILES string of the molecule is Cc1ccc(N2C(=O)[C@@H]3C4c5ccccc5C(/C=N\NC(=O)CCc5ccccc5)(c5ccccc54)[C@@H]3C2=O)c([N+](=O)[O-])c1. The Bertz CT molecular complexity index is 1840. The third-order valence-electron chi connectivity index (χ3n) is 9.19. The fourth-order valence-electron chi connectivity index (χ4n) is 7.42. The Morgan fingerprint density at radius 3 is 2.23 bits per heavy atom. The molecule has 3 amide bonds. The van der Waals surface area contributed by atoms with Crippen molar-refractivity contribution < 1.29 is 19.3 Å². The summed E-state index contributed by atoms with van der Waals surface area (Å²) in [5, 5.41) is 16.5. The highest BCUT2D eigenvalue weighted by Gasteiger charge is 2.68. The lowest BCUT2D eigenvalue weighted by Gasteiger charge is -2.52. The van der Waals surface area contributed by atoms with E-state index in [4.69, 9.17) is 0 Å². The Hall–Kier alpha value is -5.44. The zero-order chi connectivity index (χ0) is 30.6. The van der Waals surface area contributed by atoms with Gasteiger partial charge in [-0.05, 0) is 52.8 Å². The molecule has 4 aromatic carbocycles.